The summed E-state index contributed by atoms with van der Waals surface area (Å²) in [5, 5.41) is 54.3. The second kappa shape index (κ2) is 18.1. The van der Waals surface area contributed by atoms with Crippen LogP contribution in [0.2, 0.25) is 0 Å². The van der Waals surface area contributed by atoms with Gasteiger partial charge in [-0.05, 0) is 115 Å². The van der Waals surface area contributed by atoms with Crippen molar-refractivity contribution in [1.82, 2.24) is 22.8 Å². The summed E-state index contributed by atoms with van der Waals surface area (Å²) >= 11 is 0. The molecule has 0 aliphatic rings. The van der Waals surface area contributed by atoms with Crippen molar-refractivity contribution in [2.24, 2.45) is 0 Å². The first-order valence-corrected chi connectivity index (χ1v) is 28.1. The molecule has 0 atom stereocenters. The smallest absolute Gasteiger partial charge is 0.102 e. The summed E-state index contributed by atoms with van der Waals surface area (Å²) in [5.74, 6) is 0. The van der Waals surface area contributed by atoms with E-state index in [-0.39, 0.29) is 0 Å². The van der Waals surface area contributed by atoms with E-state index in [0.29, 0.717) is 39.2 Å². The molecule has 0 bridgehead atoms. The highest BCUT2D eigenvalue weighted by Gasteiger charge is 2.28. The van der Waals surface area contributed by atoms with Crippen LogP contribution >= 0.6 is 0 Å². The van der Waals surface area contributed by atoms with Gasteiger partial charge in [0, 0.05) is 76.5 Å². The Hall–Kier alpha value is -12.4. The van der Waals surface area contributed by atoms with E-state index in [9.17, 15) is 21.0 Å². The minimum atomic E-state index is 0.322. The van der Waals surface area contributed by atoms with Crippen molar-refractivity contribution in [2.75, 3.05) is 0 Å². The van der Waals surface area contributed by atoms with Gasteiger partial charge in [-0.2, -0.15) is 21.0 Å². The van der Waals surface area contributed by atoms with Crippen molar-refractivity contribution in [1.29, 1.82) is 21.0 Å². The van der Waals surface area contributed by atoms with E-state index < -0.39 is 0 Å². The van der Waals surface area contributed by atoms with Crippen LogP contribution < -0.4 is 0 Å². The first-order chi connectivity index (χ1) is 42.0. The van der Waals surface area contributed by atoms with E-state index in [4.69, 9.17) is 0 Å². The van der Waals surface area contributed by atoms with Crippen molar-refractivity contribution in [2.45, 2.75) is 0 Å². The maximum absolute atomic E-state index is 11.9. The topological polar surface area (TPSA) is 120 Å². The SMILES string of the molecule is N#Cc1ccc(-n2c3ccccc3c3cc4c(cc32)c2ccccc2n4-c2ccc(-c3c(C#N)c(-n4c5ccccc5c5ccccc54)cc(-n4c5ccccc5c5c6c7ccccc7n(-c7ccccc7)c6ccc54)c3C#N)cc2)cc1C#N. The molecule has 17 aromatic rings. The molecule has 9 heteroatoms. The molecule has 0 fully saturated rings. The number of rotatable bonds is 6. The molecule has 390 valence electrons. The van der Waals surface area contributed by atoms with Gasteiger partial charge >= 0.3 is 0 Å². The molecule has 17 rings (SSSR count). The molecule has 0 aliphatic carbocycles. The van der Waals surface area contributed by atoms with Gasteiger partial charge in [0.05, 0.1) is 88.8 Å². The van der Waals surface area contributed by atoms with E-state index in [1.54, 1.807) is 12.1 Å². The maximum Gasteiger partial charge on any atom is 0.102 e. The lowest BCUT2D eigenvalue weighted by molar-refractivity contribution is 1.12. The third kappa shape index (κ3) is 6.58. The molecule has 0 spiro atoms. The number of hydrogen-bond acceptors (Lipinski definition) is 4. The molecule has 0 N–H and O–H groups in total. The van der Waals surface area contributed by atoms with Gasteiger partial charge in [0.25, 0.3) is 0 Å². The highest BCUT2D eigenvalue weighted by atomic mass is 15.0. The molecule has 0 unspecified atom stereocenters. The molecule has 0 aliphatic heterocycles. The number of nitrogens with zero attached hydrogens (tertiary/aromatic N) is 9. The number of benzene rings is 12. The van der Waals surface area contributed by atoms with Crippen LogP contribution in [0.4, 0.5) is 0 Å². The second-order valence-corrected chi connectivity index (χ2v) is 21.6. The summed E-state index contributed by atoms with van der Waals surface area (Å²) in [4.78, 5) is 0. The molecule has 0 amide bonds. The van der Waals surface area contributed by atoms with Gasteiger partial charge in [-0.1, -0.05) is 140 Å². The van der Waals surface area contributed by atoms with E-state index in [2.05, 4.69) is 247 Å². The van der Waals surface area contributed by atoms with Gasteiger partial charge in [-0.15, -0.1) is 0 Å². The van der Waals surface area contributed by atoms with Crippen LogP contribution in [0.25, 0.3) is 149 Å². The molecular formula is C76H41N9. The van der Waals surface area contributed by atoms with E-state index in [0.717, 1.165) is 132 Å². The Labute approximate surface area is 485 Å². The van der Waals surface area contributed by atoms with Gasteiger partial charge in [-0.25, -0.2) is 0 Å². The zero-order valence-electron chi connectivity index (χ0n) is 45.2. The maximum atomic E-state index is 11.9. The lowest BCUT2D eigenvalue weighted by Crippen LogP contribution is -2.07. The van der Waals surface area contributed by atoms with Crippen LogP contribution in [0.3, 0.4) is 0 Å². The summed E-state index contributed by atoms with van der Waals surface area (Å²) in [6.45, 7) is 0. The minimum Gasteiger partial charge on any atom is -0.309 e. The third-order valence-corrected chi connectivity index (χ3v) is 17.4. The van der Waals surface area contributed by atoms with Crippen molar-refractivity contribution < 1.29 is 0 Å². The van der Waals surface area contributed by atoms with Gasteiger partial charge < -0.3 is 22.8 Å². The van der Waals surface area contributed by atoms with Crippen molar-refractivity contribution in [3.05, 3.63) is 271 Å². The monoisotopic (exact) mass is 1080 g/mol. The predicted octanol–water partition coefficient (Wildman–Crippen LogP) is 18.3. The Morgan fingerprint density at radius 1 is 0.235 bits per heavy atom. The number of fused-ring (bicyclic) bond motifs is 16. The Balaban J connectivity index is 0.930. The van der Waals surface area contributed by atoms with Gasteiger partial charge in [-0.3, -0.25) is 0 Å². The van der Waals surface area contributed by atoms with Gasteiger partial charge in [0.1, 0.15) is 24.3 Å². The average molecular weight is 1080 g/mol. The normalized spacial score (nSPS) is 11.7. The molecule has 0 radical (unpaired) electrons. The number of nitriles is 4. The highest BCUT2D eigenvalue weighted by Crippen LogP contribution is 2.47. The van der Waals surface area contributed by atoms with Crippen molar-refractivity contribution >= 4 is 109 Å². The zero-order valence-corrected chi connectivity index (χ0v) is 45.2. The van der Waals surface area contributed by atoms with E-state index >= 15 is 0 Å². The largest absolute Gasteiger partial charge is 0.309 e. The predicted molar refractivity (Wildman–Crippen MR) is 342 cm³/mol. The number of hydrogen-bond donors (Lipinski definition) is 0. The number of para-hydroxylation sites is 7. The van der Waals surface area contributed by atoms with Crippen LogP contribution in [0.5, 0.6) is 0 Å². The first kappa shape index (κ1) is 47.4. The van der Waals surface area contributed by atoms with Crippen molar-refractivity contribution in [3.8, 4) is 63.8 Å². The second-order valence-electron chi connectivity index (χ2n) is 21.6. The lowest BCUT2D eigenvalue weighted by Gasteiger charge is -2.20. The first-order valence-electron chi connectivity index (χ1n) is 28.1. The quantitative estimate of drug-likeness (QED) is 0.165. The van der Waals surface area contributed by atoms with Crippen LogP contribution in [-0.2, 0) is 0 Å². The molecule has 5 aromatic heterocycles. The Kier molecular flexibility index (Phi) is 10.1. The van der Waals surface area contributed by atoms with Crippen molar-refractivity contribution in [3.63, 3.8) is 0 Å². The van der Waals surface area contributed by atoms with E-state index in [1.807, 2.05) is 36.4 Å². The molecule has 9 nitrogen and oxygen atoms in total. The van der Waals surface area contributed by atoms with E-state index in [1.165, 1.54) is 0 Å². The summed E-state index contributed by atoms with van der Waals surface area (Å²) in [6.07, 6.45) is 0. The van der Waals surface area contributed by atoms with Crippen LogP contribution in [0.15, 0.2) is 249 Å². The lowest BCUT2D eigenvalue weighted by atomic mass is 9.91. The zero-order chi connectivity index (χ0) is 56.6. The molecular weight excluding hydrogens is 1040 g/mol. The van der Waals surface area contributed by atoms with Crippen LogP contribution in [0.1, 0.15) is 22.3 Å². The summed E-state index contributed by atoms with van der Waals surface area (Å²) in [6, 6.07) is 95.4. The van der Waals surface area contributed by atoms with Crippen LogP contribution in [-0.4, -0.2) is 22.8 Å². The van der Waals surface area contributed by atoms with Crippen LogP contribution in [0, 0.1) is 45.3 Å². The Morgan fingerprint density at radius 3 is 1.09 bits per heavy atom. The third-order valence-electron chi connectivity index (χ3n) is 17.4. The highest BCUT2D eigenvalue weighted by molar-refractivity contribution is 6.29. The fourth-order valence-corrected chi connectivity index (χ4v) is 14.0. The fourth-order valence-electron chi connectivity index (χ4n) is 14.0. The number of aromatic nitrogens is 5. The molecule has 0 saturated carbocycles. The molecule has 12 aromatic carbocycles. The molecule has 85 heavy (non-hydrogen) atoms. The molecule has 5 heterocycles. The summed E-state index contributed by atoms with van der Waals surface area (Å²) in [7, 11) is 0. The van der Waals surface area contributed by atoms with Gasteiger partial charge in [0.2, 0.25) is 0 Å². The average Bonchev–Trinajstić information content (AvgIpc) is 3.22. The standard InChI is InChI=1S/C76H41N9/c77-42-47-32-35-51(38-48(47)43-78)83-63-25-11-7-21-55(63)59-39-70-58(40-71(59)83)54-20-6-10-24-62(54)82(70)50-33-30-46(31-34-50)74-60(44-79)72(84-64-26-12-4-18-52(64)53-19-5-13-27-65(53)84)41-73(61(74)45-80)85-67-29-15-9-23-57(67)76-69(85)37-36-68-75(76)56-22-8-14-28-66(56)81(68)49-16-2-1-3-17-49/h1-41H. The Bertz CT molecular complexity index is 5900. The molecule has 0 saturated heterocycles. The Morgan fingerprint density at radius 2 is 0.600 bits per heavy atom. The fraction of sp³-hybridized carbons (Fsp3) is 0. The summed E-state index contributed by atoms with van der Waals surface area (Å²) < 4.78 is 11.3. The minimum absolute atomic E-state index is 0.322. The summed E-state index contributed by atoms with van der Waals surface area (Å²) in [5.41, 5.74) is 16.7. The van der Waals surface area contributed by atoms with Gasteiger partial charge in [0.15, 0.2) is 0 Å².